The fourth-order valence-electron chi connectivity index (χ4n) is 3.49. The van der Waals surface area contributed by atoms with Gasteiger partial charge in [-0.2, -0.15) is 11.8 Å². The summed E-state index contributed by atoms with van der Waals surface area (Å²) in [6.45, 7) is 4.21. The van der Waals surface area contributed by atoms with Gasteiger partial charge in [0.05, 0.1) is 13.2 Å². The fourth-order valence-corrected chi connectivity index (χ4v) is 4.97. The van der Waals surface area contributed by atoms with Crippen molar-refractivity contribution < 1.29 is 9.53 Å². The molecule has 0 saturated carbocycles. The molecule has 2 atom stereocenters. The molecule has 2 heterocycles. The Labute approximate surface area is 148 Å². The van der Waals surface area contributed by atoms with Crippen molar-refractivity contribution in [1.82, 2.24) is 10.2 Å². The predicted molar refractivity (Wildman–Crippen MR) is 98.1 cm³/mol. The third kappa shape index (κ3) is 4.30. The number of nitrogens with zero attached hydrogens (tertiary/aromatic N) is 1. The van der Waals surface area contributed by atoms with Gasteiger partial charge in [-0.1, -0.05) is 30.3 Å². The first-order chi connectivity index (χ1) is 11.7. The molecular weight excluding hydrogens is 322 g/mol. The van der Waals surface area contributed by atoms with Crippen LogP contribution in [0.2, 0.25) is 0 Å². The Bertz CT molecular complexity index is 528. The highest BCUT2D eigenvalue weighted by Gasteiger charge is 2.40. The number of nitrogens with two attached hydrogens (primary N) is 1. The Kier molecular flexibility index (Phi) is 6.16. The smallest absolute Gasteiger partial charge is 0.221 e. The molecule has 3 rings (SSSR count). The van der Waals surface area contributed by atoms with Crippen molar-refractivity contribution >= 4 is 17.7 Å². The first-order valence-corrected chi connectivity index (χ1v) is 9.83. The predicted octanol–water partition coefficient (Wildman–Crippen LogP) is 1.40. The van der Waals surface area contributed by atoms with Crippen molar-refractivity contribution in [2.45, 2.75) is 24.4 Å². The maximum atomic E-state index is 12.4. The summed E-state index contributed by atoms with van der Waals surface area (Å²) in [5.74, 6) is 2.28. The molecule has 2 aliphatic rings. The summed E-state index contributed by atoms with van der Waals surface area (Å²) in [5, 5.41) is 3.15. The highest BCUT2D eigenvalue weighted by molar-refractivity contribution is 7.99. The highest BCUT2D eigenvalue weighted by atomic mass is 32.2. The van der Waals surface area contributed by atoms with Crippen LogP contribution in [0.5, 0.6) is 0 Å². The molecule has 5 nitrogen and oxygen atoms in total. The Hall–Kier alpha value is -1.08. The van der Waals surface area contributed by atoms with Gasteiger partial charge in [0.1, 0.15) is 0 Å². The van der Waals surface area contributed by atoms with Crippen LogP contribution in [-0.4, -0.2) is 60.7 Å². The van der Waals surface area contributed by atoms with Crippen LogP contribution in [0.1, 0.15) is 24.4 Å². The number of carbonyl (C=O) groups excluding carboxylic acids is 1. The summed E-state index contributed by atoms with van der Waals surface area (Å²) in [4.78, 5) is 14.9. The van der Waals surface area contributed by atoms with Crippen LogP contribution in [0.25, 0.3) is 0 Å². The van der Waals surface area contributed by atoms with E-state index in [1.165, 1.54) is 0 Å². The van der Waals surface area contributed by atoms with Gasteiger partial charge in [-0.25, -0.2) is 0 Å². The van der Waals surface area contributed by atoms with E-state index in [1.807, 2.05) is 42.1 Å². The molecule has 1 aromatic carbocycles. The van der Waals surface area contributed by atoms with Gasteiger partial charge in [0.25, 0.3) is 0 Å². The number of hydrogen-bond acceptors (Lipinski definition) is 5. The minimum Gasteiger partial charge on any atom is -0.379 e. The number of benzene rings is 1. The maximum Gasteiger partial charge on any atom is 0.221 e. The lowest BCUT2D eigenvalue weighted by atomic mass is 9.95. The molecule has 3 N–H and O–H groups in total. The van der Waals surface area contributed by atoms with Gasteiger partial charge < -0.3 is 15.8 Å². The number of thioether (sulfide) groups is 1. The molecule has 0 aliphatic carbocycles. The SMILES string of the molecule is NC(CC(=O)NCC1(N2CCOCC2)CCSC1)c1ccccc1. The van der Waals surface area contributed by atoms with Crippen LogP contribution >= 0.6 is 11.8 Å². The molecule has 2 aliphatic heterocycles. The van der Waals surface area contributed by atoms with Crippen LogP contribution in [-0.2, 0) is 9.53 Å². The molecule has 2 unspecified atom stereocenters. The number of morpholine rings is 1. The number of carbonyl (C=O) groups is 1. The summed E-state index contributed by atoms with van der Waals surface area (Å²) in [5.41, 5.74) is 7.25. The molecule has 0 spiro atoms. The number of hydrogen-bond donors (Lipinski definition) is 2. The third-order valence-corrected chi connectivity index (χ3v) is 6.25. The Morgan fingerprint density at radius 1 is 1.33 bits per heavy atom. The van der Waals surface area contributed by atoms with E-state index in [9.17, 15) is 4.79 Å². The molecule has 0 bridgehead atoms. The second kappa shape index (κ2) is 8.34. The van der Waals surface area contributed by atoms with Crippen molar-refractivity contribution in [3.63, 3.8) is 0 Å². The quantitative estimate of drug-likeness (QED) is 0.813. The Morgan fingerprint density at radius 2 is 2.08 bits per heavy atom. The second-order valence-corrected chi connectivity index (χ2v) is 7.73. The number of rotatable bonds is 6. The van der Waals surface area contributed by atoms with Gasteiger partial charge in [-0.3, -0.25) is 9.69 Å². The molecule has 6 heteroatoms. The van der Waals surface area contributed by atoms with E-state index in [-0.39, 0.29) is 17.5 Å². The number of ether oxygens (including phenoxy) is 1. The van der Waals surface area contributed by atoms with Gasteiger partial charge in [-0.15, -0.1) is 0 Å². The average Bonchev–Trinajstić information content (AvgIpc) is 3.12. The topological polar surface area (TPSA) is 67.6 Å². The van der Waals surface area contributed by atoms with Gasteiger partial charge in [0, 0.05) is 43.4 Å². The molecule has 1 amide bonds. The van der Waals surface area contributed by atoms with E-state index in [1.54, 1.807) is 0 Å². The second-order valence-electron chi connectivity index (χ2n) is 6.62. The molecule has 2 fully saturated rings. The number of amides is 1. The van der Waals surface area contributed by atoms with E-state index in [2.05, 4.69) is 10.2 Å². The molecule has 24 heavy (non-hydrogen) atoms. The van der Waals surface area contributed by atoms with Gasteiger partial charge in [-0.05, 0) is 17.7 Å². The van der Waals surface area contributed by atoms with E-state index >= 15 is 0 Å². The van der Waals surface area contributed by atoms with E-state index in [0.717, 1.165) is 49.8 Å². The summed E-state index contributed by atoms with van der Waals surface area (Å²) >= 11 is 1.98. The zero-order valence-electron chi connectivity index (χ0n) is 14.1. The summed E-state index contributed by atoms with van der Waals surface area (Å²) < 4.78 is 5.48. The average molecular weight is 350 g/mol. The van der Waals surface area contributed by atoms with Crippen molar-refractivity contribution in [1.29, 1.82) is 0 Å². The summed E-state index contributed by atoms with van der Waals surface area (Å²) in [6.07, 6.45) is 1.46. The highest BCUT2D eigenvalue weighted by Crippen LogP contribution is 2.33. The monoisotopic (exact) mass is 349 g/mol. The molecule has 2 saturated heterocycles. The lowest BCUT2D eigenvalue weighted by Crippen LogP contribution is -2.59. The van der Waals surface area contributed by atoms with Gasteiger partial charge >= 0.3 is 0 Å². The maximum absolute atomic E-state index is 12.4. The molecular formula is C18H27N3O2S. The van der Waals surface area contributed by atoms with Crippen molar-refractivity contribution in [2.24, 2.45) is 5.73 Å². The standard InChI is InChI=1S/C18H27N3O2S/c19-16(15-4-2-1-3-5-15)12-17(22)20-13-18(6-11-24-14-18)21-7-9-23-10-8-21/h1-5,16H,6-14,19H2,(H,20,22). The van der Waals surface area contributed by atoms with Gasteiger partial charge in [0.2, 0.25) is 5.91 Å². The third-order valence-electron chi connectivity index (χ3n) is 5.01. The molecule has 132 valence electrons. The van der Waals surface area contributed by atoms with E-state index in [0.29, 0.717) is 13.0 Å². The first kappa shape index (κ1) is 17.7. The first-order valence-electron chi connectivity index (χ1n) is 8.67. The van der Waals surface area contributed by atoms with E-state index < -0.39 is 0 Å². The minimum atomic E-state index is -0.247. The summed E-state index contributed by atoms with van der Waals surface area (Å²) in [7, 11) is 0. The van der Waals surface area contributed by atoms with Crippen LogP contribution in [0.4, 0.5) is 0 Å². The molecule has 0 aromatic heterocycles. The van der Waals surface area contributed by atoms with Crippen molar-refractivity contribution in [3.05, 3.63) is 35.9 Å². The lowest BCUT2D eigenvalue weighted by molar-refractivity contribution is -0.122. The lowest BCUT2D eigenvalue weighted by Gasteiger charge is -2.43. The van der Waals surface area contributed by atoms with Crippen LogP contribution < -0.4 is 11.1 Å². The molecule has 0 radical (unpaired) electrons. The Morgan fingerprint density at radius 3 is 2.75 bits per heavy atom. The zero-order valence-corrected chi connectivity index (χ0v) is 14.9. The van der Waals surface area contributed by atoms with Gasteiger partial charge in [0.15, 0.2) is 0 Å². The van der Waals surface area contributed by atoms with Crippen molar-refractivity contribution in [2.75, 3.05) is 44.4 Å². The minimum absolute atomic E-state index is 0.0379. The largest absolute Gasteiger partial charge is 0.379 e. The van der Waals surface area contributed by atoms with Crippen molar-refractivity contribution in [3.8, 4) is 0 Å². The zero-order chi connectivity index (χ0) is 16.8. The van der Waals surface area contributed by atoms with Crippen LogP contribution in [0.15, 0.2) is 30.3 Å². The summed E-state index contributed by atoms with van der Waals surface area (Å²) in [6, 6.07) is 9.57. The normalized spacial score (nSPS) is 26.2. The fraction of sp³-hybridized carbons (Fsp3) is 0.611. The van der Waals surface area contributed by atoms with E-state index in [4.69, 9.17) is 10.5 Å². The van der Waals surface area contributed by atoms with Crippen LogP contribution in [0.3, 0.4) is 0 Å². The molecule has 1 aromatic rings. The van der Waals surface area contributed by atoms with Crippen LogP contribution in [0, 0.1) is 0 Å². The Balaban J connectivity index is 1.53. The number of nitrogens with one attached hydrogen (secondary N) is 1.